The molecule has 1 aromatic heterocycles. The molecule has 2 rings (SSSR count). The molecule has 1 aliphatic rings. The van der Waals surface area contributed by atoms with Crippen LogP contribution in [0.2, 0.25) is 0 Å². The van der Waals surface area contributed by atoms with Gasteiger partial charge >= 0.3 is 0 Å². The van der Waals surface area contributed by atoms with Crippen molar-refractivity contribution in [2.75, 3.05) is 6.54 Å². The number of nitrogens with one attached hydrogen (secondary N) is 1. The van der Waals surface area contributed by atoms with Crippen LogP contribution in [0, 0.1) is 11.3 Å². The largest absolute Gasteiger partial charge is 0.309 e. The molecule has 3 heteroatoms. The molecule has 84 valence electrons. The third kappa shape index (κ3) is 2.23. The summed E-state index contributed by atoms with van der Waals surface area (Å²) < 4.78 is 1.94. The Kier molecular flexibility index (Phi) is 2.59. The molecule has 0 amide bonds. The lowest BCUT2D eigenvalue weighted by atomic mass is 10.1. The van der Waals surface area contributed by atoms with E-state index in [1.54, 1.807) is 0 Å². The van der Waals surface area contributed by atoms with Gasteiger partial charge in [-0.05, 0) is 37.3 Å². The number of aryl methyl sites for hydroxylation is 1. The molecular formula is C12H21N3. The van der Waals surface area contributed by atoms with Crippen LogP contribution in [0.25, 0.3) is 0 Å². The lowest BCUT2D eigenvalue weighted by Crippen LogP contribution is -2.24. The Morgan fingerprint density at radius 2 is 2.33 bits per heavy atom. The Hall–Kier alpha value is -0.830. The molecule has 3 nitrogen and oxygen atoms in total. The van der Waals surface area contributed by atoms with Crippen LogP contribution in [-0.4, -0.2) is 16.3 Å². The number of hydrogen-bond donors (Lipinski definition) is 1. The van der Waals surface area contributed by atoms with Gasteiger partial charge in [-0.1, -0.05) is 13.8 Å². The van der Waals surface area contributed by atoms with E-state index in [-0.39, 0.29) is 0 Å². The van der Waals surface area contributed by atoms with Gasteiger partial charge in [-0.2, -0.15) is 5.10 Å². The molecule has 0 aliphatic heterocycles. The SMILES string of the molecule is CC(NCC1CC1(C)C)c1ccnn1C. The van der Waals surface area contributed by atoms with E-state index in [2.05, 4.69) is 37.3 Å². The minimum atomic E-state index is 0.397. The van der Waals surface area contributed by atoms with Crippen molar-refractivity contribution in [1.29, 1.82) is 0 Å². The third-order valence-corrected chi connectivity index (χ3v) is 3.69. The van der Waals surface area contributed by atoms with Crippen LogP contribution in [0.1, 0.15) is 38.9 Å². The van der Waals surface area contributed by atoms with Gasteiger partial charge in [-0.3, -0.25) is 4.68 Å². The first-order valence-corrected chi connectivity index (χ1v) is 5.72. The molecule has 15 heavy (non-hydrogen) atoms. The highest BCUT2D eigenvalue weighted by molar-refractivity contribution is 5.06. The van der Waals surface area contributed by atoms with Crippen LogP contribution < -0.4 is 5.32 Å². The van der Waals surface area contributed by atoms with Crippen molar-refractivity contribution in [3.8, 4) is 0 Å². The van der Waals surface area contributed by atoms with E-state index < -0.39 is 0 Å². The smallest absolute Gasteiger partial charge is 0.0547 e. The summed E-state index contributed by atoms with van der Waals surface area (Å²) in [6, 6.07) is 2.48. The fourth-order valence-corrected chi connectivity index (χ4v) is 2.16. The highest BCUT2D eigenvalue weighted by Crippen LogP contribution is 2.51. The summed E-state index contributed by atoms with van der Waals surface area (Å²) in [5, 5.41) is 7.77. The van der Waals surface area contributed by atoms with Crippen molar-refractivity contribution < 1.29 is 0 Å². The molecule has 1 N–H and O–H groups in total. The van der Waals surface area contributed by atoms with Crippen molar-refractivity contribution in [3.05, 3.63) is 18.0 Å². The Bertz CT molecular complexity index is 340. The first-order valence-electron chi connectivity index (χ1n) is 5.72. The summed E-state index contributed by atoms with van der Waals surface area (Å²) in [7, 11) is 1.99. The maximum Gasteiger partial charge on any atom is 0.0547 e. The van der Waals surface area contributed by atoms with Crippen molar-refractivity contribution in [2.24, 2.45) is 18.4 Å². The minimum Gasteiger partial charge on any atom is -0.309 e. The second-order valence-electron chi connectivity index (χ2n) is 5.40. The Morgan fingerprint density at radius 1 is 1.67 bits per heavy atom. The zero-order valence-corrected chi connectivity index (χ0v) is 10.1. The van der Waals surface area contributed by atoms with Gasteiger partial charge < -0.3 is 5.32 Å². The topological polar surface area (TPSA) is 29.9 Å². The van der Waals surface area contributed by atoms with Crippen LogP contribution in [0.15, 0.2) is 12.3 Å². The standard InChI is InChI=1S/C12H21N3/c1-9(11-5-6-14-15(11)4)13-8-10-7-12(10,2)3/h5-6,9-10,13H,7-8H2,1-4H3. The van der Waals surface area contributed by atoms with Crippen LogP contribution in [-0.2, 0) is 7.05 Å². The highest BCUT2D eigenvalue weighted by Gasteiger charge is 2.44. The van der Waals surface area contributed by atoms with Gasteiger partial charge in [0.1, 0.15) is 0 Å². The fourth-order valence-electron chi connectivity index (χ4n) is 2.16. The Balaban J connectivity index is 1.83. The molecule has 0 saturated heterocycles. The first-order chi connectivity index (χ1) is 7.00. The van der Waals surface area contributed by atoms with E-state index in [9.17, 15) is 0 Å². The summed E-state index contributed by atoms with van der Waals surface area (Å²) in [4.78, 5) is 0. The van der Waals surface area contributed by atoms with Crippen molar-refractivity contribution in [2.45, 2.75) is 33.2 Å². The van der Waals surface area contributed by atoms with E-state index >= 15 is 0 Å². The normalized spacial score (nSPS) is 25.2. The van der Waals surface area contributed by atoms with Gasteiger partial charge in [-0.15, -0.1) is 0 Å². The van der Waals surface area contributed by atoms with Crippen LogP contribution in [0.4, 0.5) is 0 Å². The van der Waals surface area contributed by atoms with Gasteiger partial charge in [0.2, 0.25) is 0 Å². The van der Waals surface area contributed by atoms with E-state index in [1.807, 2.05) is 17.9 Å². The molecule has 0 radical (unpaired) electrons. The van der Waals surface area contributed by atoms with E-state index in [0.717, 1.165) is 12.5 Å². The number of rotatable bonds is 4. The zero-order chi connectivity index (χ0) is 11.1. The number of nitrogens with zero attached hydrogens (tertiary/aromatic N) is 2. The summed E-state index contributed by atoms with van der Waals surface area (Å²) in [5.74, 6) is 0.855. The number of aromatic nitrogens is 2. The lowest BCUT2D eigenvalue weighted by Gasteiger charge is -2.14. The maximum absolute atomic E-state index is 4.19. The predicted molar refractivity (Wildman–Crippen MR) is 61.5 cm³/mol. The molecule has 1 fully saturated rings. The van der Waals surface area contributed by atoms with Crippen LogP contribution >= 0.6 is 0 Å². The molecule has 0 bridgehead atoms. The highest BCUT2D eigenvalue weighted by atomic mass is 15.3. The summed E-state index contributed by atoms with van der Waals surface area (Å²) in [6.07, 6.45) is 3.21. The lowest BCUT2D eigenvalue weighted by molar-refractivity contribution is 0.469. The quantitative estimate of drug-likeness (QED) is 0.819. The van der Waals surface area contributed by atoms with Crippen molar-refractivity contribution >= 4 is 0 Å². The minimum absolute atomic E-state index is 0.397. The summed E-state index contributed by atoms with van der Waals surface area (Å²) in [6.45, 7) is 8.01. The molecule has 1 aromatic rings. The first kappa shape index (κ1) is 10.7. The molecule has 0 aromatic carbocycles. The van der Waals surface area contributed by atoms with Gasteiger partial charge in [0.25, 0.3) is 0 Å². The molecule has 1 aliphatic carbocycles. The van der Waals surface area contributed by atoms with Crippen molar-refractivity contribution in [3.63, 3.8) is 0 Å². The fraction of sp³-hybridized carbons (Fsp3) is 0.750. The van der Waals surface area contributed by atoms with E-state index in [1.165, 1.54) is 12.1 Å². The van der Waals surface area contributed by atoms with Crippen LogP contribution in [0.5, 0.6) is 0 Å². The number of hydrogen-bond acceptors (Lipinski definition) is 2. The monoisotopic (exact) mass is 207 g/mol. The molecule has 2 unspecified atom stereocenters. The Morgan fingerprint density at radius 3 is 2.80 bits per heavy atom. The van der Waals surface area contributed by atoms with E-state index in [0.29, 0.717) is 11.5 Å². The summed E-state index contributed by atoms with van der Waals surface area (Å²) >= 11 is 0. The third-order valence-electron chi connectivity index (χ3n) is 3.69. The summed E-state index contributed by atoms with van der Waals surface area (Å²) in [5.41, 5.74) is 1.83. The van der Waals surface area contributed by atoms with Crippen LogP contribution in [0.3, 0.4) is 0 Å². The average Bonchev–Trinajstić information content (AvgIpc) is 2.58. The van der Waals surface area contributed by atoms with Crippen molar-refractivity contribution in [1.82, 2.24) is 15.1 Å². The maximum atomic E-state index is 4.19. The second kappa shape index (κ2) is 3.63. The molecule has 0 spiro atoms. The molecule has 1 heterocycles. The molecule has 2 atom stereocenters. The molecular weight excluding hydrogens is 186 g/mol. The zero-order valence-electron chi connectivity index (χ0n) is 10.1. The second-order valence-corrected chi connectivity index (χ2v) is 5.40. The van der Waals surface area contributed by atoms with Gasteiger partial charge in [0, 0.05) is 19.3 Å². The molecule has 1 saturated carbocycles. The van der Waals surface area contributed by atoms with E-state index in [4.69, 9.17) is 0 Å². The van der Waals surface area contributed by atoms with Gasteiger partial charge in [0.15, 0.2) is 0 Å². The average molecular weight is 207 g/mol. The van der Waals surface area contributed by atoms with Gasteiger partial charge in [0.05, 0.1) is 5.69 Å². The predicted octanol–water partition coefficient (Wildman–Crippen LogP) is 2.12. The Labute approximate surface area is 91.9 Å². The van der Waals surface area contributed by atoms with Gasteiger partial charge in [-0.25, -0.2) is 0 Å².